The van der Waals surface area contributed by atoms with Crippen LogP contribution in [0.3, 0.4) is 0 Å². The molecule has 182 valence electrons. The van der Waals surface area contributed by atoms with E-state index in [2.05, 4.69) is 11.8 Å². The average molecular weight is 519 g/mol. The SMILES string of the molecule is CCCCCCCCOc1ccc(C=C2SC(=S)N(NS(=O)(=O)c3ccc(C)cc3)C2=O)cc1. The molecular weight excluding hydrogens is 488 g/mol. The van der Waals surface area contributed by atoms with E-state index in [1.165, 1.54) is 44.2 Å². The van der Waals surface area contributed by atoms with Crippen LogP contribution >= 0.6 is 24.0 Å². The van der Waals surface area contributed by atoms with E-state index in [1.54, 1.807) is 18.2 Å². The zero-order valence-electron chi connectivity index (χ0n) is 19.5. The highest BCUT2D eigenvalue weighted by atomic mass is 32.2. The van der Waals surface area contributed by atoms with Gasteiger partial charge in [-0.05, 0) is 49.2 Å². The van der Waals surface area contributed by atoms with E-state index >= 15 is 0 Å². The van der Waals surface area contributed by atoms with Gasteiger partial charge in [0.15, 0.2) is 4.32 Å². The number of hydrogen-bond acceptors (Lipinski definition) is 6. The number of hydrogen-bond donors (Lipinski definition) is 1. The van der Waals surface area contributed by atoms with Crippen molar-refractivity contribution >= 4 is 50.3 Å². The van der Waals surface area contributed by atoms with Gasteiger partial charge in [-0.15, -0.1) is 4.83 Å². The van der Waals surface area contributed by atoms with Gasteiger partial charge in [-0.2, -0.15) is 0 Å². The van der Waals surface area contributed by atoms with Gasteiger partial charge in [0.1, 0.15) is 5.75 Å². The molecule has 0 unspecified atom stereocenters. The molecule has 2 aromatic rings. The minimum Gasteiger partial charge on any atom is -0.494 e. The standard InChI is InChI=1S/C25H30N2O4S3/c1-3-4-5-6-7-8-17-31-21-13-11-20(12-14-21)18-23-24(28)27(25(32)33-23)26-34(29,30)22-15-9-19(2)10-16-22/h9-16,18,26H,3-8,17H2,1-2H3. The summed E-state index contributed by atoms with van der Waals surface area (Å²) >= 11 is 6.30. The summed E-state index contributed by atoms with van der Waals surface area (Å²) in [5, 5.41) is 0.902. The first-order valence-electron chi connectivity index (χ1n) is 11.4. The Morgan fingerprint density at radius 3 is 2.32 bits per heavy atom. The maximum absolute atomic E-state index is 12.8. The van der Waals surface area contributed by atoms with Crippen LogP contribution in [0.25, 0.3) is 6.08 Å². The summed E-state index contributed by atoms with van der Waals surface area (Å²) in [5.74, 6) is 0.276. The summed E-state index contributed by atoms with van der Waals surface area (Å²) in [4.78, 5) is 15.5. The second-order valence-electron chi connectivity index (χ2n) is 8.11. The lowest BCUT2D eigenvalue weighted by molar-refractivity contribution is -0.123. The maximum Gasteiger partial charge on any atom is 0.281 e. The molecule has 1 fully saturated rings. The number of carbonyl (C=O) groups excluding carboxylic acids is 1. The number of thioether (sulfide) groups is 1. The third kappa shape index (κ3) is 7.40. The number of amides is 1. The fourth-order valence-corrected chi connectivity index (χ4v) is 5.63. The molecule has 1 aliphatic rings. The zero-order chi connectivity index (χ0) is 24.6. The van der Waals surface area contributed by atoms with E-state index in [-0.39, 0.29) is 9.22 Å². The maximum atomic E-state index is 12.8. The highest BCUT2D eigenvalue weighted by Gasteiger charge is 2.35. The minimum atomic E-state index is -3.94. The fourth-order valence-electron chi connectivity index (χ4n) is 3.32. The van der Waals surface area contributed by atoms with Gasteiger partial charge in [0.05, 0.1) is 16.4 Å². The number of nitrogens with one attached hydrogen (secondary N) is 1. The number of nitrogens with zero attached hydrogens (tertiary/aromatic N) is 1. The predicted octanol–water partition coefficient (Wildman–Crippen LogP) is 5.83. The Morgan fingerprint density at radius 1 is 1.00 bits per heavy atom. The Balaban J connectivity index is 1.56. The summed E-state index contributed by atoms with van der Waals surface area (Å²) in [7, 11) is -3.94. The second kappa shape index (κ2) is 12.5. The molecule has 1 heterocycles. The van der Waals surface area contributed by atoms with Crippen LogP contribution in [0.4, 0.5) is 0 Å². The molecule has 0 atom stereocenters. The summed E-state index contributed by atoms with van der Waals surface area (Å²) in [6.45, 7) is 4.76. The molecule has 0 bridgehead atoms. The van der Waals surface area contributed by atoms with Crippen LogP contribution in [-0.4, -0.2) is 30.3 Å². The number of carbonyl (C=O) groups is 1. The smallest absolute Gasteiger partial charge is 0.281 e. The first-order chi connectivity index (χ1) is 16.3. The summed E-state index contributed by atoms with van der Waals surface area (Å²) in [6.07, 6.45) is 8.97. The van der Waals surface area contributed by atoms with Crippen LogP contribution in [-0.2, 0) is 14.8 Å². The van der Waals surface area contributed by atoms with Crippen molar-refractivity contribution in [2.75, 3.05) is 6.61 Å². The molecule has 9 heteroatoms. The largest absolute Gasteiger partial charge is 0.494 e. The highest BCUT2D eigenvalue weighted by Crippen LogP contribution is 2.32. The van der Waals surface area contributed by atoms with Crippen molar-refractivity contribution in [3.63, 3.8) is 0 Å². The predicted molar refractivity (Wildman–Crippen MR) is 142 cm³/mol. The Labute approximate surface area is 211 Å². The van der Waals surface area contributed by atoms with Gasteiger partial charge in [-0.3, -0.25) is 4.79 Å². The molecule has 1 N–H and O–H groups in total. The Hall–Kier alpha value is -2.20. The molecule has 1 aliphatic heterocycles. The molecule has 34 heavy (non-hydrogen) atoms. The van der Waals surface area contributed by atoms with Crippen molar-refractivity contribution in [3.8, 4) is 5.75 Å². The summed E-state index contributed by atoms with van der Waals surface area (Å²) < 4.78 is 31.2. The number of unbranched alkanes of at least 4 members (excludes halogenated alkanes) is 5. The van der Waals surface area contributed by atoms with Crippen molar-refractivity contribution in [2.45, 2.75) is 57.3 Å². The normalized spacial score (nSPS) is 15.4. The molecule has 0 saturated carbocycles. The topological polar surface area (TPSA) is 75.7 Å². The van der Waals surface area contributed by atoms with Gasteiger partial charge < -0.3 is 4.74 Å². The van der Waals surface area contributed by atoms with E-state index in [0.717, 1.165) is 40.1 Å². The Kier molecular flexibility index (Phi) is 9.70. The molecule has 1 saturated heterocycles. The van der Waals surface area contributed by atoms with Crippen molar-refractivity contribution in [1.82, 2.24) is 9.84 Å². The van der Waals surface area contributed by atoms with Gasteiger partial charge in [-0.25, -0.2) is 13.4 Å². The highest BCUT2D eigenvalue weighted by molar-refractivity contribution is 8.26. The molecular formula is C25H30N2O4S3. The van der Waals surface area contributed by atoms with Crippen LogP contribution in [0.5, 0.6) is 5.75 Å². The minimum absolute atomic E-state index is 0.0627. The van der Waals surface area contributed by atoms with Crippen LogP contribution < -0.4 is 9.57 Å². The first-order valence-corrected chi connectivity index (χ1v) is 14.1. The number of thiocarbonyl (C=S) groups is 1. The van der Waals surface area contributed by atoms with Gasteiger partial charge in [-0.1, -0.05) is 92.8 Å². The Morgan fingerprint density at radius 2 is 1.65 bits per heavy atom. The van der Waals surface area contributed by atoms with Crippen LogP contribution in [0.2, 0.25) is 0 Å². The van der Waals surface area contributed by atoms with Gasteiger partial charge in [0.2, 0.25) is 0 Å². The molecule has 6 nitrogen and oxygen atoms in total. The van der Waals surface area contributed by atoms with Crippen molar-refractivity contribution in [3.05, 3.63) is 64.6 Å². The first kappa shape index (κ1) is 26.4. The summed E-state index contributed by atoms with van der Waals surface area (Å²) in [5.41, 5.74) is 1.74. The van der Waals surface area contributed by atoms with E-state index in [1.807, 2.05) is 31.2 Å². The lowest BCUT2D eigenvalue weighted by atomic mass is 10.1. The molecule has 2 aromatic carbocycles. The van der Waals surface area contributed by atoms with Gasteiger partial charge >= 0.3 is 0 Å². The average Bonchev–Trinajstić information content (AvgIpc) is 3.07. The van der Waals surface area contributed by atoms with Gasteiger partial charge in [0.25, 0.3) is 15.9 Å². The Bertz CT molecular complexity index is 1130. The van der Waals surface area contributed by atoms with Crippen LogP contribution in [0.15, 0.2) is 58.3 Å². The van der Waals surface area contributed by atoms with E-state index in [9.17, 15) is 13.2 Å². The number of hydrazine groups is 1. The van der Waals surface area contributed by atoms with Crippen LogP contribution in [0, 0.1) is 6.92 Å². The van der Waals surface area contributed by atoms with E-state index in [4.69, 9.17) is 17.0 Å². The van der Waals surface area contributed by atoms with Crippen molar-refractivity contribution in [1.29, 1.82) is 0 Å². The molecule has 0 aromatic heterocycles. The number of ether oxygens (including phenoxy) is 1. The second-order valence-corrected chi connectivity index (χ2v) is 11.4. The van der Waals surface area contributed by atoms with Crippen molar-refractivity contribution < 1.29 is 17.9 Å². The van der Waals surface area contributed by atoms with E-state index < -0.39 is 15.9 Å². The molecule has 3 rings (SSSR count). The lowest BCUT2D eigenvalue weighted by Crippen LogP contribution is -2.44. The molecule has 0 radical (unpaired) electrons. The molecule has 0 aliphatic carbocycles. The quantitative estimate of drug-likeness (QED) is 0.216. The monoisotopic (exact) mass is 518 g/mol. The number of sulfonamides is 1. The fraction of sp³-hybridized carbons (Fsp3) is 0.360. The number of aryl methyl sites for hydroxylation is 1. The summed E-state index contributed by atoms with van der Waals surface area (Å²) in [6, 6.07) is 13.8. The van der Waals surface area contributed by atoms with Crippen LogP contribution in [0.1, 0.15) is 56.6 Å². The third-order valence-electron chi connectivity index (χ3n) is 5.28. The molecule has 1 amide bonds. The third-order valence-corrected chi connectivity index (χ3v) is 7.90. The lowest BCUT2D eigenvalue weighted by Gasteiger charge is -2.16. The number of rotatable bonds is 12. The van der Waals surface area contributed by atoms with Gasteiger partial charge in [0, 0.05) is 0 Å². The zero-order valence-corrected chi connectivity index (χ0v) is 21.9. The number of benzene rings is 2. The molecule has 0 spiro atoms. The van der Waals surface area contributed by atoms with E-state index in [0.29, 0.717) is 11.5 Å². The van der Waals surface area contributed by atoms with Crippen molar-refractivity contribution in [2.24, 2.45) is 0 Å².